The molecule has 3 aromatic rings. The van der Waals surface area contributed by atoms with E-state index in [9.17, 15) is 0 Å². The van der Waals surface area contributed by atoms with Crippen molar-refractivity contribution in [1.29, 1.82) is 0 Å². The molecule has 0 radical (unpaired) electrons. The molecule has 3 aromatic heterocycles. The molecule has 1 saturated heterocycles. The van der Waals surface area contributed by atoms with E-state index in [4.69, 9.17) is 0 Å². The van der Waals surface area contributed by atoms with Crippen molar-refractivity contribution >= 4 is 37.6 Å². The van der Waals surface area contributed by atoms with Crippen LogP contribution in [0.15, 0.2) is 24.7 Å². The average molecular weight is 327 g/mol. The summed E-state index contributed by atoms with van der Waals surface area (Å²) in [4.78, 5) is 16.9. The number of thiophene rings is 1. The number of nitrogens with zero attached hydrogens (tertiary/aromatic N) is 4. The van der Waals surface area contributed by atoms with Gasteiger partial charge in [0, 0.05) is 18.1 Å². The van der Waals surface area contributed by atoms with Gasteiger partial charge in [0.1, 0.15) is 17.0 Å². The number of pyridine rings is 1. The number of hydrogen-bond donors (Lipinski definition) is 1. The Balaban J connectivity index is 1.40. The fourth-order valence-corrected chi connectivity index (χ4v) is 4.27. The van der Waals surface area contributed by atoms with Gasteiger partial charge in [0.25, 0.3) is 0 Å². The van der Waals surface area contributed by atoms with Gasteiger partial charge in [-0.3, -0.25) is 0 Å². The number of fused-ring (bicyclic) bond motifs is 3. The van der Waals surface area contributed by atoms with E-state index in [2.05, 4.69) is 31.2 Å². The average Bonchev–Trinajstić information content (AvgIpc) is 3.22. The first-order chi connectivity index (χ1) is 11.4. The second kappa shape index (κ2) is 6.76. The van der Waals surface area contributed by atoms with Crippen molar-refractivity contribution in [3.63, 3.8) is 0 Å². The third-order valence-corrected chi connectivity index (χ3v) is 5.53. The highest BCUT2D eigenvalue weighted by molar-refractivity contribution is 7.25. The number of hydrogen-bond acceptors (Lipinski definition) is 6. The lowest BCUT2D eigenvalue weighted by atomic mass is 10.3. The second-order valence-electron chi connectivity index (χ2n) is 6.04. The number of rotatable bonds is 6. The van der Waals surface area contributed by atoms with Crippen LogP contribution < -0.4 is 5.32 Å². The monoisotopic (exact) mass is 327 g/mol. The minimum absolute atomic E-state index is 0.944. The smallest absolute Gasteiger partial charge is 0.147 e. The SMILES string of the molecule is c1cnc2sc3c(NCCCCN4CCCC4)ncnc3c2c1. The van der Waals surface area contributed by atoms with E-state index < -0.39 is 0 Å². The number of nitrogens with one attached hydrogen (secondary N) is 1. The van der Waals surface area contributed by atoms with Crippen LogP contribution in [0, 0.1) is 0 Å². The Bertz CT molecular complexity index is 794. The summed E-state index contributed by atoms with van der Waals surface area (Å²) in [6.07, 6.45) is 8.64. The minimum atomic E-state index is 0.944. The van der Waals surface area contributed by atoms with Crippen LogP contribution in [-0.2, 0) is 0 Å². The lowest BCUT2D eigenvalue weighted by Crippen LogP contribution is -2.20. The molecule has 0 atom stereocenters. The summed E-state index contributed by atoms with van der Waals surface area (Å²) in [6.45, 7) is 4.76. The van der Waals surface area contributed by atoms with E-state index in [1.54, 1.807) is 17.7 Å². The van der Waals surface area contributed by atoms with Crippen LogP contribution in [0.2, 0.25) is 0 Å². The van der Waals surface area contributed by atoms with Crippen molar-refractivity contribution in [2.75, 3.05) is 31.5 Å². The molecule has 0 bridgehead atoms. The van der Waals surface area contributed by atoms with E-state index in [1.165, 1.54) is 45.3 Å². The molecule has 1 N–H and O–H groups in total. The highest BCUT2D eigenvalue weighted by atomic mass is 32.1. The molecule has 0 aromatic carbocycles. The molecule has 5 nitrogen and oxygen atoms in total. The Morgan fingerprint density at radius 3 is 2.96 bits per heavy atom. The highest BCUT2D eigenvalue weighted by Gasteiger charge is 2.12. The van der Waals surface area contributed by atoms with Crippen molar-refractivity contribution in [2.24, 2.45) is 0 Å². The van der Waals surface area contributed by atoms with Crippen LogP contribution in [0.1, 0.15) is 25.7 Å². The molecule has 120 valence electrons. The molecule has 0 amide bonds. The predicted molar refractivity (Wildman–Crippen MR) is 96.1 cm³/mol. The summed E-state index contributed by atoms with van der Waals surface area (Å²) >= 11 is 1.67. The minimum Gasteiger partial charge on any atom is -0.369 e. The fourth-order valence-electron chi connectivity index (χ4n) is 3.21. The molecular formula is C17H21N5S. The van der Waals surface area contributed by atoms with Gasteiger partial charge >= 0.3 is 0 Å². The Kier molecular flexibility index (Phi) is 4.35. The molecule has 0 aliphatic carbocycles. The molecule has 4 heterocycles. The summed E-state index contributed by atoms with van der Waals surface area (Å²) in [6, 6.07) is 4.04. The van der Waals surface area contributed by atoms with Crippen molar-refractivity contribution in [1.82, 2.24) is 19.9 Å². The maximum atomic E-state index is 4.44. The van der Waals surface area contributed by atoms with Crippen LogP contribution >= 0.6 is 11.3 Å². The lowest BCUT2D eigenvalue weighted by Gasteiger charge is -2.14. The summed E-state index contributed by atoms with van der Waals surface area (Å²) < 4.78 is 1.11. The second-order valence-corrected chi connectivity index (χ2v) is 7.04. The van der Waals surface area contributed by atoms with Crippen LogP contribution in [0.3, 0.4) is 0 Å². The molecule has 1 fully saturated rings. The van der Waals surface area contributed by atoms with Gasteiger partial charge in [0.2, 0.25) is 0 Å². The zero-order valence-electron chi connectivity index (χ0n) is 13.2. The Morgan fingerprint density at radius 2 is 2.04 bits per heavy atom. The zero-order valence-corrected chi connectivity index (χ0v) is 14.0. The molecule has 1 aliphatic heterocycles. The van der Waals surface area contributed by atoms with Crippen molar-refractivity contribution in [3.8, 4) is 0 Å². The quantitative estimate of drug-likeness (QED) is 0.702. The highest BCUT2D eigenvalue weighted by Crippen LogP contribution is 2.34. The molecule has 0 saturated carbocycles. The molecule has 1 aliphatic rings. The van der Waals surface area contributed by atoms with Gasteiger partial charge in [-0.25, -0.2) is 15.0 Å². The molecule has 0 unspecified atom stereocenters. The number of unbranched alkanes of at least 4 members (excludes halogenated alkanes) is 1. The van der Waals surface area contributed by atoms with Gasteiger partial charge < -0.3 is 10.2 Å². The standard InChI is InChI=1S/C17H21N5S/c1(2-9-22-10-3-4-11-22)7-18-16-15-14(20-12-21-16)13-6-5-8-19-17(13)23-15/h5-6,8,12H,1-4,7,9-11H2,(H,18,20,21). The van der Waals surface area contributed by atoms with E-state index in [-0.39, 0.29) is 0 Å². The van der Waals surface area contributed by atoms with Gasteiger partial charge in [0.15, 0.2) is 0 Å². The maximum absolute atomic E-state index is 4.44. The van der Waals surface area contributed by atoms with Gasteiger partial charge in [-0.15, -0.1) is 11.3 Å². The third-order valence-electron chi connectivity index (χ3n) is 4.42. The summed E-state index contributed by atoms with van der Waals surface area (Å²) in [5.74, 6) is 0.944. The summed E-state index contributed by atoms with van der Waals surface area (Å²) in [7, 11) is 0. The molecule has 4 rings (SSSR count). The van der Waals surface area contributed by atoms with Crippen LogP contribution in [0.25, 0.3) is 20.4 Å². The van der Waals surface area contributed by atoms with Gasteiger partial charge in [-0.2, -0.15) is 0 Å². The van der Waals surface area contributed by atoms with Gasteiger partial charge in [0.05, 0.1) is 10.2 Å². The van der Waals surface area contributed by atoms with Crippen molar-refractivity contribution in [2.45, 2.75) is 25.7 Å². The number of anilines is 1. The first-order valence-electron chi connectivity index (χ1n) is 8.36. The fraction of sp³-hybridized carbons (Fsp3) is 0.471. The van der Waals surface area contributed by atoms with Gasteiger partial charge in [-0.05, 0) is 57.5 Å². The van der Waals surface area contributed by atoms with E-state index in [1.807, 2.05) is 12.3 Å². The largest absolute Gasteiger partial charge is 0.369 e. The van der Waals surface area contributed by atoms with Crippen LogP contribution in [0.4, 0.5) is 5.82 Å². The van der Waals surface area contributed by atoms with Gasteiger partial charge in [-0.1, -0.05) is 0 Å². The topological polar surface area (TPSA) is 53.9 Å². The van der Waals surface area contributed by atoms with E-state index in [0.717, 1.165) is 32.8 Å². The molecule has 6 heteroatoms. The molecule has 0 spiro atoms. The molecule has 23 heavy (non-hydrogen) atoms. The maximum Gasteiger partial charge on any atom is 0.147 e. The number of likely N-dealkylation sites (tertiary alicyclic amines) is 1. The van der Waals surface area contributed by atoms with Crippen molar-refractivity contribution < 1.29 is 0 Å². The summed E-state index contributed by atoms with van der Waals surface area (Å²) in [5.41, 5.74) is 1.01. The predicted octanol–water partition coefficient (Wildman–Crippen LogP) is 3.53. The first-order valence-corrected chi connectivity index (χ1v) is 9.18. The Morgan fingerprint density at radius 1 is 1.13 bits per heavy atom. The zero-order chi connectivity index (χ0) is 15.5. The number of aromatic nitrogens is 3. The van der Waals surface area contributed by atoms with E-state index in [0.29, 0.717) is 0 Å². The molecular weight excluding hydrogens is 306 g/mol. The van der Waals surface area contributed by atoms with Crippen LogP contribution in [0.5, 0.6) is 0 Å². The van der Waals surface area contributed by atoms with E-state index >= 15 is 0 Å². The van der Waals surface area contributed by atoms with Crippen molar-refractivity contribution in [3.05, 3.63) is 24.7 Å². The third kappa shape index (κ3) is 3.14. The normalized spacial score (nSPS) is 15.7. The first kappa shape index (κ1) is 14.8. The summed E-state index contributed by atoms with van der Waals surface area (Å²) in [5, 5.41) is 4.60. The lowest BCUT2D eigenvalue weighted by molar-refractivity contribution is 0.331. The Hall–Kier alpha value is -1.79. The Labute approximate surface area is 139 Å². The van der Waals surface area contributed by atoms with Crippen LogP contribution in [-0.4, -0.2) is 46.0 Å².